The second kappa shape index (κ2) is 4.79. The third kappa shape index (κ3) is 1.83. The maximum Gasteiger partial charge on any atom is 0.139 e. The van der Waals surface area contributed by atoms with E-state index in [9.17, 15) is 9.59 Å². The smallest absolute Gasteiger partial charge is 0.139 e. The maximum atomic E-state index is 12.5. The van der Waals surface area contributed by atoms with Gasteiger partial charge >= 0.3 is 0 Å². The number of carbonyl (C=O) groups is 2. The molecule has 3 fully saturated rings. The van der Waals surface area contributed by atoms with Gasteiger partial charge in [0.05, 0.1) is 0 Å². The molecule has 21 heavy (non-hydrogen) atoms. The highest BCUT2D eigenvalue weighted by atomic mass is 16.1. The van der Waals surface area contributed by atoms with Crippen molar-refractivity contribution in [2.24, 2.45) is 29.1 Å². The summed E-state index contributed by atoms with van der Waals surface area (Å²) >= 11 is 0. The fourth-order valence-electron chi connectivity index (χ4n) is 6.33. The molecule has 2 heteroatoms. The summed E-state index contributed by atoms with van der Waals surface area (Å²) in [5.41, 5.74) is 1.47. The van der Waals surface area contributed by atoms with Gasteiger partial charge in [0.25, 0.3) is 0 Å². The molecule has 0 aliphatic heterocycles. The molecule has 0 aromatic carbocycles. The predicted octanol–water partition coefficient (Wildman–Crippen LogP) is 4.09. The van der Waals surface area contributed by atoms with Gasteiger partial charge in [0.15, 0.2) is 0 Å². The molecule has 2 nitrogen and oxygen atoms in total. The Labute approximate surface area is 127 Å². The zero-order valence-corrected chi connectivity index (χ0v) is 13.1. The van der Waals surface area contributed by atoms with Crippen molar-refractivity contribution in [2.75, 3.05) is 0 Å². The molecule has 0 spiro atoms. The molecule has 4 aliphatic carbocycles. The fraction of sp³-hybridized carbons (Fsp3) is 0.789. The van der Waals surface area contributed by atoms with Gasteiger partial charge in [-0.05, 0) is 62.2 Å². The van der Waals surface area contributed by atoms with Crippen molar-refractivity contribution < 1.29 is 9.59 Å². The molecule has 114 valence electrons. The van der Waals surface area contributed by atoms with Gasteiger partial charge in [-0.1, -0.05) is 18.6 Å². The first-order valence-corrected chi connectivity index (χ1v) is 8.89. The van der Waals surface area contributed by atoms with E-state index in [2.05, 4.69) is 13.0 Å². The van der Waals surface area contributed by atoms with Crippen molar-refractivity contribution in [1.82, 2.24) is 0 Å². The van der Waals surface area contributed by atoms with Gasteiger partial charge in [0.1, 0.15) is 11.6 Å². The average Bonchev–Trinajstić information content (AvgIpc) is 2.84. The largest absolute Gasteiger partial charge is 0.299 e. The van der Waals surface area contributed by atoms with E-state index in [0.29, 0.717) is 29.3 Å². The van der Waals surface area contributed by atoms with E-state index >= 15 is 0 Å². The summed E-state index contributed by atoms with van der Waals surface area (Å²) in [7, 11) is 0. The molecule has 0 aromatic rings. The quantitative estimate of drug-likeness (QED) is 0.680. The molecule has 3 saturated carbocycles. The minimum atomic E-state index is 0.0248. The SMILES string of the molecule is CCC12CC[C@H]3[C@@H](CC=C4CC(=O)CC[C@@H]43)[C@@H]1CCC2=O. The third-order valence-corrected chi connectivity index (χ3v) is 7.35. The second-order valence-corrected chi connectivity index (χ2v) is 7.82. The van der Waals surface area contributed by atoms with Crippen LogP contribution >= 0.6 is 0 Å². The second-order valence-electron chi connectivity index (χ2n) is 7.82. The van der Waals surface area contributed by atoms with Crippen LogP contribution in [0.5, 0.6) is 0 Å². The molecule has 0 heterocycles. The summed E-state index contributed by atoms with van der Waals surface area (Å²) in [5.74, 6) is 3.75. The van der Waals surface area contributed by atoms with Crippen LogP contribution in [-0.4, -0.2) is 11.6 Å². The van der Waals surface area contributed by atoms with Crippen LogP contribution in [0.1, 0.15) is 64.7 Å². The summed E-state index contributed by atoms with van der Waals surface area (Å²) in [5, 5.41) is 0. The van der Waals surface area contributed by atoms with Crippen molar-refractivity contribution in [3.8, 4) is 0 Å². The molecule has 0 N–H and O–H groups in total. The van der Waals surface area contributed by atoms with Crippen molar-refractivity contribution in [3.05, 3.63) is 11.6 Å². The van der Waals surface area contributed by atoms with Crippen molar-refractivity contribution >= 4 is 11.6 Å². The fourth-order valence-corrected chi connectivity index (χ4v) is 6.33. The normalized spacial score (nSPS) is 45.7. The number of carbonyl (C=O) groups excluding carboxylic acids is 2. The Morgan fingerprint density at radius 1 is 1.14 bits per heavy atom. The Balaban J connectivity index is 1.66. The van der Waals surface area contributed by atoms with Crippen LogP contribution in [0.4, 0.5) is 0 Å². The van der Waals surface area contributed by atoms with Gasteiger partial charge in [0, 0.05) is 24.7 Å². The molecule has 4 aliphatic rings. The highest BCUT2D eigenvalue weighted by Gasteiger charge is 2.57. The van der Waals surface area contributed by atoms with Crippen LogP contribution in [-0.2, 0) is 9.59 Å². The predicted molar refractivity (Wildman–Crippen MR) is 81.7 cm³/mol. The van der Waals surface area contributed by atoms with E-state index in [1.165, 1.54) is 12.0 Å². The minimum absolute atomic E-state index is 0.0248. The van der Waals surface area contributed by atoms with Gasteiger partial charge in [0.2, 0.25) is 0 Å². The first-order valence-electron chi connectivity index (χ1n) is 8.89. The minimum Gasteiger partial charge on any atom is -0.299 e. The molecule has 5 atom stereocenters. The Kier molecular flexibility index (Phi) is 3.13. The van der Waals surface area contributed by atoms with Crippen LogP contribution < -0.4 is 0 Å². The van der Waals surface area contributed by atoms with Crippen LogP contribution in [0.25, 0.3) is 0 Å². The third-order valence-electron chi connectivity index (χ3n) is 7.35. The number of hydrogen-bond acceptors (Lipinski definition) is 2. The summed E-state index contributed by atoms with van der Waals surface area (Å²) in [6.07, 6.45) is 11.4. The zero-order chi connectivity index (χ0) is 14.6. The van der Waals surface area contributed by atoms with Gasteiger partial charge in [-0.25, -0.2) is 0 Å². The number of ketones is 2. The van der Waals surface area contributed by atoms with Crippen LogP contribution in [0, 0.1) is 29.1 Å². The van der Waals surface area contributed by atoms with Crippen molar-refractivity contribution in [3.63, 3.8) is 0 Å². The van der Waals surface area contributed by atoms with Crippen LogP contribution in [0.2, 0.25) is 0 Å². The summed E-state index contributed by atoms with van der Waals surface area (Å²) in [6.45, 7) is 2.22. The van der Waals surface area contributed by atoms with E-state index in [1.807, 2.05) is 0 Å². The van der Waals surface area contributed by atoms with Crippen molar-refractivity contribution in [2.45, 2.75) is 64.7 Å². The van der Waals surface area contributed by atoms with E-state index in [4.69, 9.17) is 0 Å². The van der Waals surface area contributed by atoms with Gasteiger partial charge in [-0.15, -0.1) is 0 Å². The van der Waals surface area contributed by atoms with Gasteiger partial charge in [-0.2, -0.15) is 0 Å². The highest BCUT2D eigenvalue weighted by Crippen LogP contribution is 2.61. The molecular weight excluding hydrogens is 260 g/mol. The monoisotopic (exact) mass is 286 g/mol. The zero-order valence-electron chi connectivity index (χ0n) is 13.1. The highest BCUT2D eigenvalue weighted by molar-refractivity contribution is 5.87. The summed E-state index contributed by atoms with van der Waals surface area (Å²) < 4.78 is 0. The molecular formula is C19H26O2. The first-order chi connectivity index (χ1) is 10.2. The van der Waals surface area contributed by atoms with E-state index in [1.54, 1.807) is 0 Å². The summed E-state index contributed by atoms with van der Waals surface area (Å²) in [6, 6.07) is 0. The Bertz CT molecular complexity index is 518. The molecule has 0 radical (unpaired) electrons. The maximum absolute atomic E-state index is 12.5. The first kappa shape index (κ1) is 13.7. The lowest BCUT2D eigenvalue weighted by atomic mass is 9.52. The number of rotatable bonds is 1. The molecule has 0 saturated heterocycles. The van der Waals surface area contributed by atoms with Gasteiger partial charge in [-0.3, -0.25) is 9.59 Å². The van der Waals surface area contributed by atoms with Crippen LogP contribution in [0.3, 0.4) is 0 Å². The Morgan fingerprint density at radius 2 is 2.00 bits per heavy atom. The lowest BCUT2D eigenvalue weighted by Gasteiger charge is -2.52. The molecule has 4 rings (SSSR count). The van der Waals surface area contributed by atoms with E-state index in [0.717, 1.165) is 57.3 Å². The molecule has 0 bridgehead atoms. The lowest BCUT2D eigenvalue weighted by Crippen LogP contribution is -2.47. The summed E-state index contributed by atoms with van der Waals surface area (Å²) in [4.78, 5) is 24.2. The number of fused-ring (bicyclic) bond motifs is 5. The Hall–Kier alpha value is -0.920. The number of hydrogen-bond donors (Lipinski definition) is 0. The molecule has 0 aromatic heterocycles. The van der Waals surface area contributed by atoms with Crippen LogP contribution in [0.15, 0.2) is 11.6 Å². The number of Topliss-reactive ketones (excluding diaryl/α,β-unsaturated/α-hetero) is 2. The van der Waals surface area contributed by atoms with E-state index < -0.39 is 0 Å². The molecule has 1 unspecified atom stereocenters. The lowest BCUT2D eigenvalue weighted by molar-refractivity contribution is -0.132. The van der Waals surface area contributed by atoms with Crippen molar-refractivity contribution in [1.29, 1.82) is 0 Å². The van der Waals surface area contributed by atoms with Gasteiger partial charge < -0.3 is 0 Å². The standard InChI is InChI=1S/C19H26O2/c1-2-19-10-9-15-14-6-4-13(20)11-12(14)3-5-16(15)17(19)7-8-18(19)21/h3,14-17H,2,4-11H2,1H3/t14-,15+,16+,17-,19?/m0/s1. The average molecular weight is 286 g/mol. The topological polar surface area (TPSA) is 34.1 Å². The molecule has 0 amide bonds. The Morgan fingerprint density at radius 3 is 2.81 bits per heavy atom. The van der Waals surface area contributed by atoms with E-state index in [-0.39, 0.29) is 5.41 Å². The number of allylic oxidation sites excluding steroid dienone is 2.